The molecule has 4 rings (SSSR count). The van der Waals surface area contributed by atoms with Gasteiger partial charge in [0.1, 0.15) is 23.4 Å². The Balaban J connectivity index is 1.76. The van der Waals surface area contributed by atoms with Crippen molar-refractivity contribution in [1.29, 1.82) is 0 Å². The van der Waals surface area contributed by atoms with Crippen LogP contribution in [0.25, 0.3) is 0 Å². The lowest BCUT2D eigenvalue weighted by Crippen LogP contribution is -2.59. The van der Waals surface area contributed by atoms with Crippen LogP contribution < -0.4 is 9.62 Å². The number of piperazine rings is 1. The number of amidine groups is 1. The summed E-state index contributed by atoms with van der Waals surface area (Å²) in [6.45, 7) is -0.236. The first-order chi connectivity index (χ1) is 12.7. The summed E-state index contributed by atoms with van der Waals surface area (Å²) in [4.78, 5) is 6.16. The zero-order chi connectivity index (χ0) is 19.3. The number of hydrogen-bond donors (Lipinski definition) is 1. The molecule has 0 amide bonds. The summed E-state index contributed by atoms with van der Waals surface area (Å²) in [6, 6.07) is 0.528. The predicted octanol–water partition coefficient (Wildman–Crippen LogP) is 3.22. The number of nitrogens with one attached hydrogen (secondary N) is 1. The number of alkyl halides is 3. The fourth-order valence-electron chi connectivity index (χ4n) is 3.31. The van der Waals surface area contributed by atoms with Gasteiger partial charge in [-0.2, -0.15) is 13.2 Å². The molecule has 2 fully saturated rings. The third-order valence-corrected chi connectivity index (χ3v) is 6.78. The van der Waals surface area contributed by atoms with Crippen LogP contribution >= 0.6 is 11.9 Å². The van der Waals surface area contributed by atoms with Gasteiger partial charge < -0.3 is 9.62 Å². The van der Waals surface area contributed by atoms with Crippen LogP contribution in [-0.4, -0.2) is 52.5 Å². The summed E-state index contributed by atoms with van der Waals surface area (Å²) >= 11 is 1.18. The molecule has 0 spiro atoms. The van der Waals surface area contributed by atoms with Crippen molar-refractivity contribution in [2.24, 2.45) is 10.9 Å². The van der Waals surface area contributed by atoms with Gasteiger partial charge in [-0.25, -0.2) is 17.9 Å². The van der Waals surface area contributed by atoms with Gasteiger partial charge in [0.15, 0.2) is 0 Å². The molecule has 1 saturated heterocycles. The van der Waals surface area contributed by atoms with Crippen LogP contribution in [0.2, 0.25) is 0 Å². The Morgan fingerprint density at radius 3 is 2.67 bits per heavy atom. The molecule has 1 aliphatic carbocycles. The molecular weight excluding hydrogens is 404 g/mol. The second kappa shape index (κ2) is 6.93. The number of aliphatic imine (C=N–C) groups is 1. The third kappa shape index (κ3) is 3.81. The first kappa shape index (κ1) is 19.0. The zero-order valence-electron chi connectivity index (χ0n) is 14.4. The number of halogens is 4. The van der Waals surface area contributed by atoms with Gasteiger partial charge in [-0.15, -0.1) is 0 Å². The van der Waals surface area contributed by atoms with Gasteiger partial charge in [-0.05, 0) is 36.9 Å². The van der Waals surface area contributed by atoms with Gasteiger partial charge in [0.05, 0.1) is 21.6 Å². The molecule has 0 radical (unpaired) electrons. The summed E-state index contributed by atoms with van der Waals surface area (Å²) < 4.78 is 71.4. The molecule has 1 N–H and O–H groups in total. The molecule has 2 atom stereocenters. The van der Waals surface area contributed by atoms with Gasteiger partial charge in [-0.1, -0.05) is 0 Å². The van der Waals surface area contributed by atoms with Crippen LogP contribution in [0.5, 0.6) is 0 Å². The minimum absolute atomic E-state index is 0.00791. The van der Waals surface area contributed by atoms with E-state index < -0.39 is 35.6 Å². The largest absolute Gasteiger partial charge is 0.410 e. The average Bonchev–Trinajstić information content (AvgIpc) is 3.44. The molecule has 1 aromatic rings. The number of nitrogens with zero attached hydrogens (tertiary/aromatic N) is 3. The van der Waals surface area contributed by atoms with E-state index in [1.807, 2.05) is 0 Å². The van der Waals surface area contributed by atoms with Gasteiger partial charge in [0.2, 0.25) is 0 Å². The average molecular weight is 422 g/mol. The number of hydrogen-bond acceptors (Lipinski definition) is 5. The molecule has 1 saturated carbocycles. The van der Waals surface area contributed by atoms with Crippen molar-refractivity contribution in [3.8, 4) is 0 Å². The Hall–Kier alpha value is -1.33. The van der Waals surface area contributed by atoms with Crippen LogP contribution in [0.1, 0.15) is 12.8 Å². The Kier molecular flexibility index (Phi) is 4.88. The maximum absolute atomic E-state index is 14.2. The summed E-state index contributed by atoms with van der Waals surface area (Å²) in [7, 11) is -1.50. The Labute approximate surface area is 160 Å². The van der Waals surface area contributed by atoms with E-state index >= 15 is 0 Å². The molecular formula is C16H18F4N4OS2. The highest BCUT2D eigenvalue weighted by atomic mass is 32.2. The normalized spacial score (nSPS) is 24.9. The van der Waals surface area contributed by atoms with Gasteiger partial charge >= 0.3 is 6.18 Å². The lowest BCUT2D eigenvalue weighted by molar-refractivity contribution is -0.153. The Bertz CT molecular complexity index is 812. The fourth-order valence-corrected chi connectivity index (χ4v) is 4.85. The summed E-state index contributed by atoms with van der Waals surface area (Å²) in [5.41, 5.74) is 0.517. The summed E-state index contributed by atoms with van der Waals surface area (Å²) in [6.07, 6.45) is -1.20. The van der Waals surface area contributed by atoms with Crippen LogP contribution in [0.15, 0.2) is 22.0 Å². The van der Waals surface area contributed by atoms with Crippen molar-refractivity contribution >= 4 is 40.1 Å². The van der Waals surface area contributed by atoms with Crippen molar-refractivity contribution in [2.45, 2.75) is 30.0 Å². The third-order valence-electron chi connectivity index (χ3n) is 4.88. The van der Waals surface area contributed by atoms with E-state index in [0.717, 1.165) is 29.6 Å². The first-order valence-electron chi connectivity index (χ1n) is 8.51. The lowest BCUT2D eigenvalue weighted by Gasteiger charge is -2.43. The van der Waals surface area contributed by atoms with Crippen molar-refractivity contribution < 1.29 is 21.8 Å². The number of benzene rings is 1. The Morgan fingerprint density at radius 1 is 1.30 bits per heavy atom. The molecule has 2 heterocycles. The SMILES string of the molecule is CS(=O)N1CCN(c2cc(F)cc3c2N=C(C2CC2)NS3)C(C(F)(F)F)C1. The molecule has 148 valence electrons. The quantitative estimate of drug-likeness (QED) is 0.600. The van der Waals surface area contributed by atoms with E-state index in [1.165, 1.54) is 28.6 Å². The van der Waals surface area contributed by atoms with Gasteiger partial charge in [0, 0.05) is 31.8 Å². The predicted molar refractivity (Wildman–Crippen MR) is 98.0 cm³/mol. The minimum atomic E-state index is -4.54. The van der Waals surface area contributed by atoms with Gasteiger partial charge in [-0.3, -0.25) is 0 Å². The van der Waals surface area contributed by atoms with E-state index in [2.05, 4.69) is 9.71 Å². The van der Waals surface area contributed by atoms with Crippen molar-refractivity contribution in [3.63, 3.8) is 0 Å². The molecule has 5 nitrogen and oxygen atoms in total. The van der Waals surface area contributed by atoms with Crippen molar-refractivity contribution in [1.82, 2.24) is 9.03 Å². The molecule has 11 heteroatoms. The summed E-state index contributed by atoms with van der Waals surface area (Å²) in [5.74, 6) is 0.420. The zero-order valence-corrected chi connectivity index (χ0v) is 16.1. The maximum Gasteiger partial charge on any atom is 0.410 e. The highest BCUT2D eigenvalue weighted by molar-refractivity contribution is 7.98. The fraction of sp³-hybridized carbons (Fsp3) is 0.562. The van der Waals surface area contributed by atoms with Crippen LogP contribution in [0.4, 0.5) is 28.9 Å². The van der Waals surface area contributed by atoms with Crippen molar-refractivity contribution in [3.05, 3.63) is 17.9 Å². The smallest absolute Gasteiger partial charge is 0.356 e. The van der Waals surface area contributed by atoms with Crippen LogP contribution in [-0.2, 0) is 11.0 Å². The van der Waals surface area contributed by atoms with E-state index in [9.17, 15) is 21.8 Å². The number of anilines is 1. The Morgan fingerprint density at radius 2 is 2.04 bits per heavy atom. The van der Waals surface area contributed by atoms with Crippen molar-refractivity contribution in [2.75, 3.05) is 30.8 Å². The second-order valence-corrected chi connectivity index (χ2v) is 9.02. The molecule has 2 aliphatic heterocycles. The topological polar surface area (TPSA) is 47.9 Å². The van der Waals surface area contributed by atoms with Gasteiger partial charge in [0.25, 0.3) is 0 Å². The highest BCUT2D eigenvalue weighted by Gasteiger charge is 2.48. The van der Waals surface area contributed by atoms with Crippen LogP contribution in [0, 0.1) is 11.7 Å². The van der Waals surface area contributed by atoms with Crippen LogP contribution in [0.3, 0.4) is 0 Å². The highest BCUT2D eigenvalue weighted by Crippen LogP contribution is 2.45. The van der Waals surface area contributed by atoms with E-state index in [4.69, 9.17) is 0 Å². The van der Waals surface area contributed by atoms with E-state index in [-0.39, 0.29) is 18.8 Å². The van der Waals surface area contributed by atoms with E-state index in [0.29, 0.717) is 16.5 Å². The maximum atomic E-state index is 14.2. The molecule has 0 aromatic heterocycles. The number of rotatable bonds is 3. The molecule has 1 aromatic carbocycles. The molecule has 27 heavy (non-hydrogen) atoms. The standard InChI is InChI=1S/C16H18F4N4OS2/c1-27(25)23-4-5-24(13(8-23)16(18,19)20)11-6-10(17)7-12-14(11)21-15(22-26-12)9-2-3-9/h6-7,9,13H,2-5,8H2,1H3,(H,21,22). The first-order valence-corrected chi connectivity index (χ1v) is 10.8. The molecule has 0 bridgehead atoms. The second-order valence-electron chi connectivity index (χ2n) is 6.81. The number of fused-ring (bicyclic) bond motifs is 1. The molecule has 3 aliphatic rings. The minimum Gasteiger partial charge on any atom is -0.356 e. The monoisotopic (exact) mass is 422 g/mol. The lowest BCUT2D eigenvalue weighted by atomic mass is 10.1. The molecule has 2 unspecified atom stereocenters. The van der Waals surface area contributed by atoms with E-state index in [1.54, 1.807) is 0 Å². The summed E-state index contributed by atoms with van der Waals surface area (Å²) in [5, 5.41) is 0.